The van der Waals surface area contributed by atoms with E-state index in [1.54, 1.807) is 14.0 Å². The summed E-state index contributed by atoms with van der Waals surface area (Å²) in [6.07, 6.45) is 1.44. The van der Waals surface area contributed by atoms with Crippen LogP contribution in [0.4, 0.5) is 5.82 Å². The Balaban J connectivity index is 1.50. The molecule has 0 saturated carbocycles. The predicted octanol–water partition coefficient (Wildman–Crippen LogP) is 2.13. The van der Waals surface area contributed by atoms with Crippen molar-refractivity contribution in [3.05, 3.63) is 35.9 Å². The van der Waals surface area contributed by atoms with Gasteiger partial charge in [-0.3, -0.25) is 4.79 Å². The first-order chi connectivity index (χ1) is 12.2. The second-order valence-electron chi connectivity index (χ2n) is 5.40. The number of aromatic amines is 1. The molecule has 0 spiro atoms. The summed E-state index contributed by atoms with van der Waals surface area (Å²) in [7, 11) is 1.61. The Kier molecular flexibility index (Phi) is 5.03. The van der Waals surface area contributed by atoms with Crippen molar-refractivity contribution in [2.45, 2.75) is 26.2 Å². The number of methoxy groups -OCH3 is 1. The maximum atomic E-state index is 11.9. The third-order valence-corrected chi connectivity index (χ3v) is 3.59. The number of H-pyrrole nitrogens is 1. The zero-order valence-corrected chi connectivity index (χ0v) is 13.9. The van der Waals surface area contributed by atoms with E-state index in [1.165, 1.54) is 0 Å². The van der Waals surface area contributed by atoms with Crippen molar-refractivity contribution in [2.24, 2.45) is 0 Å². The largest absolute Gasteiger partial charge is 0.497 e. The zero-order valence-electron chi connectivity index (χ0n) is 13.9. The van der Waals surface area contributed by atoms with Gasteiger partial charge in [0.15, 0.2) is 5.82 Å². The topological polar surface area (TPSA) is 119 Å². The molecular formula is C16H18N6O3. The van der Waals surface area contributed by atoms with Gasteiger partial charge in [0.2, 0.25) is 17.6 Å². The summed E-state index contributed by atoms with van der Waals surface area (Å²) in [4.78, 5) is 16.2. The molecule has 0 unspecified atom stereocenters. The predicted molar refractivity (Wildman–Crippen MR) is 89.0 cm³/mol. The highest BCUT2D eigenvalue weighted by molar-refractivity contribution is 5.90. The van der Waals surface area contributed by atoms with E-state index in [0.29, 0.717) is 42.5 Å². The Morgan fingerprint density at radius 3 is 2.76 bits per heavy atom. The molecule has 2 heterocycles. The minimum absolute atomic E-state index is 0.133. The quantitative estimate of drug-likeness (QED) is 0.675. The number of hydrogen-bond donors (Lipinski definition) is 2. The molecule has 2 N–H and O–H groups in total. The number of anilines is 1. The highest BCUT2D eigenvalue weighted by Crippen LogP contribution is 2.20. The van der Waals surface area contributed by atoms with E-state index < -0.39 is 0 Å². The van der Waals surface area contributed by atoms with E-state index in [2.05, 4.69) is 30.9 Å². The molecule has 0 bridgehead atoms. The molecule has 130 valence electrons. The second kappa shape index (κ2) is 7.56. The Hall–Kier alpha value is -3.23. The van der Waals surface area contributed by atoms with Gasteiger partial charge in [-0.15, -0.1) is 5.10 Å². The molecule has 25 heavy (non-hydrogen) atoms. The minimum atomic E-state index is -0.133. The number of ether oxygens (including phenoxy) is 1. The lowest BCUT2D eigenvalue weighted by Crippen LogP contribution is -2.12. The molecule has 3 rings (SSSR count). The van der Waals surface area contributed by atoms with Crippen LogP contribution >= 0.6 is 0 Å². The van der Waals surface area contributed by atoms with Crippen molar-refractivity contribution in [1.29, 1.82) is 0 Å². The number of carbonyl (C=O) groups is 1. The van der Waals surface area contributed by atoms with Gasteiger partial charge >= 0.3 is 0 Å². The summed E-state index contributed by atoms with van der Waals surface area (Å²) >= 11 is 0. The lowest BCUT2D eigenvalue weighted by Gasteiger charge is -2.00. The first-order valence-electron chi connectivity index (χ1n) is 7.80. The van der Waals surface area contributed by atoms with Gasteiger partial charge in [-0.1, -0.05) is 5.16 Å². The molecule has 9 nitrogen and oxygen atoms in total. The first-order valence-corrected chi connectivity index (χ1v) is 7.80. The number of carbonyl (C=O) groups excluding carboxylic acids is 1. The van der Waals surface area contributed by atoms with Gasteiger partial charge in [0, 0.05) is 18.4 Å². The molecule has 3 aromatic rings. The molecule has 1 amide bonds. The third kappa shape index (κ3) is 4.19. The minimum Gasteiger partial charge on any atom is -0.497 e. The summed E-state index contributed by atoms with van der Waals surface area (Å²) in [5.41, 5.74) is 1.49. The number of rotatable bonds is 7. The molecule has 0 aliphatic rings. The van der Waals surface area contributed by atoms with Crippen molar-refractivity contribution in [3.8, 4) is 17.1 Å². The van der Waals surface area contributed by atoms with E-state index >= 15 is 0 Å². The van der Waals surface area contributed by atoms with Gasteiger partial charge in [0.25, 0.3) is 0 Å². The fourth-order valence-corrected chi connectivity index (χ4v) is 2.21. The van der Waals surface area contributed by atoms with Crippen molar-refractivity contribution in [3.63, 3.8) is 0 Å². The number of nitrogens with one attached hydrogen (secondary N) is 2. The molecule has 0 saturated heterocycles. The maximum Gasteiger partial charge on any atom is 0.226 e. The van der Waals surface area contributed by atoms with Crippen LogP contribution < -0.4 is 10.1 Å². The van der Waals surface area contributed by atoms with Crippen LogP contribution in [0.5, 0.6) is 5.75 Å². The molecule has 0 radical (unpaired) electrons. The van der Waals surface area contributed by atoms with E-state index in [0.717, 1.165) is 11.3 Å². The number of aryl methyl sites for hydroxylation is 2. The van der Waals surface area contributed by atoms with Gasteiger partial charge in [-0.05, 0) is 37.6 Å². The highest BCUT2D eigenvalue weighted by Gasteiger charge is 2.11. The number of benzene rings is 1. The smallest absolute Gasteiger partial charge is 0.226 e. The average molecular weight is 342 g/mol. The number of aromatic nitrogens is 5. The third-order valence-electron chi connectivity index (χ3n) is 3.59. The average Bonchev–Trinajstić information content (AvgIpc) is 3.25. The SMILES string of the molecule is COc1ccc(-c2noc(CCCC(=O)Nc3n[nH]nc3C)n2)cc1. The molecule has 0 aliphatic heterocycles. The van der Waals surface area contributed by atoms with Crippen LogP contribution in [0.1, 0.15) is 24.4 Å². The molecule has 0 atom stereocenters. The van der Waals surface area contributed by atoms with E-state index in [-0.39, 0.29) is 5.91 Å². The molecule has 1 aromatic carbocycles. The lowest BCUT2D eigenvalue weighted by molar-refractivity contribution is -0.116. The Labute approximate surface area is 143 Å². The van der Waals surface area contributed by atoms with Gasteiger partial charge in [0.1, 0.15) is 11.4 Å². The molecule has 2 aromatic heterocycles. The van der Waals surface area contributed by atoms with E-state index in [4.69, 9.17) is 9.26 Å². The Bertz CT molecular complexity index is 840. The summed E-state index contributed by atoms with van der Waals surface area (Å²) in [6, 6.07) is 7.39. The fourth-order valence-electron chi connectivity index (χ4n) is 2.21. The number of amides is 1. The molecule has 0 fully saturated rings. The monoisotopic (exact) mass is 342 g/mol. The van der Waals surface area contributed by atoms with Gasteiger partial charge in [-0.2, -0.15) is 15.3 Å². The molecule has 9 heteroatoms. The summed E-state index contributed by atoms with van der Waals surface area (Å²) in [5, 5.41) is 16.8. The van der Waals surface area contributed by atoms with Crippen molar-refractivity contribution in [1.82, 2.24) is 25.6 Å². The lowest BCUT2D eigenvalue weighted by atomic mass is 10.2. The summed E-state index contributed by atoms with van der Waals surface area (Å²) in [5.74, 6) is 2.09. The van der Waals surface area contributed by atoms with Gasteiger partial charge in [-0.25, -0.2) is 0 Å². The van der Waals surface area contributed by atoms with Crippen LogP contribution in [-0.2, 0) is 11.2 Å². The number of hydrogen-bond acceptors (Lipinski definition) is 7. The van der Waals surface area contributed by atoms with Crippen LogP contribution in [0.2, 0.25) is 0 Å². The Morgan fingerprint density at radius 2 is 2.08 bits per heavy atom. The normalized spacial score (nSPS) is 10.6. The van der Waals surface area contributed by atoms with Crippen LogP contribution in [0.15, 0.2) is 28.8 Å². The first kappa shape index (κ1) is 16.6. The van der Waals surface area contributed by atoms with Crippen LogP contribution in [0, 0.1) is 6.92 Å². The second-order valence-corrected chi connectivity index (χ2v) is 5.40. The molecular weight excluding hydrogens is 324 g/mol. The number of nitrogens with zero attached hydrogens (tertiary/aromatic N) is 4. The van der Waals surface area contributed by atoms with Crippen molar-refractivity contribution >= 4 is 11.7 Å². The van der Waals surface area contributed by atoms with E-state index in [1.807, 2.05) is 24.3 Å². The van der Waals surface area contributed by atoms with Crippen LogP contribution in [0.3, 0.4) is 0 Å². The fraction of sp³-hybridized carbons (Fsp3) is 0.312. The van der Waals surface area contributed by atoms with Crippen molar-refractivity contribution < 1.29 is 14.1 Å². The summed E-state index contributed by atoms with van der Waals surface area (Å²) < 4.78 is 10.3. The van der Waals surface area contributed by atoms with Crippen LogP contribution in [-0.4, -0.2) is 38.6 Å². The van der Waals surface area contributed by atoms with Gasteiger partial charge in [0.05, 0.1) is 7.11 Å². The highest BCUT2D eigenvalue weighted by atomic mass is 16.5. The van der Waals surface area contributed by atoms with Gasteiger partial charge < -0.3 is 14.6 Å². The van der Waals surface area contributed by atoms with Crippen LogP contribution in [0.25, 0.3) is 11.4 Å². The van der Waals surface area contributed by atoms with E-state index in [9.17, 15) is 4.79 Å². The summed E-state index contributed by atoms with van der Waals surface area (Å²) in [6.45, 7) is 1.76. The maximum absolute atomic E-state index is 11.9. The van der Waals surface area contributed by atoms with Crippen molar-refractivity contribution in [2.75, 3.05) is 12.4 Å². The Morgan fingerprint density at radius 1 is 1.28 bits per heavy atom. The molecule has 0 aliphatic carbocycles. The standard InChI is InChI=1S/C16H18N6O3/c1-10-15(20-22-19-10)17-13(23)4-3-5-14-18-16(21-25-14)11-6-8-12(24-2)9-7-11/h6-9H,3-5H2,1-2H3,(H2,17,19,20,22,23). The zero-order chi connectivity index (χ0) is 17.6.